The van der Waals surface area contributed by atoms with Gasteiger partial charge in [-0.05, 0) is 18.2 Å². The lowest BCUT2D eigenvalue weighted by atomic mass is 10.1. The summed E-state index contributed by atoms with van der Waals surface area (Å²) in [6, 6.07) is 0. The van der Waals surface area contributed by atoms with E-state index in [1.807, 2.05) is 0 Å². The van der Waals surface area contributed by atoms with Crippen molar-refractivity contribution in [3.05, 3.63) is 5.01 Å². The van der Waals surface area contributed by atoms with Gasteiger partial charge < -0.3 is 5.32 Å². The molecular formula is C5H8N4S. The minimum atomic E-state index is 0.569. The summed E-state index contributed by atoms with van der Waals surface area (Å²) >= 11 is 1.41. The van der Waals surface area contributed by atoms with Gasteiger partial charge in [0.15, 0.2) is 0 Å². The van der Waals surface area contributed by atoms with Gasteiger partial charge in [-0.1, -0.05) is 4.49 Å². The maximum absolute atomic E-state index is 3.92. The van der Waals surface area contributed by atoms with Gasteiger partial charge in [-0.15, -0.1) is 5.10 Å². The van der Waals surface area contributed by atoms with Crippen LogP contribution in [0.5, 0.6) is 0 Å². The Balaban J connectivity index is 2.12. The molecule has 1 N–H and O–H groups in total. The van der Waals surface area contributed by atoms with Gasteiger partial charge in [0.25, 0.3) is 0 Å². The van der Waals surface area contributed by atoms with E-state index in [-0.39, 0.29) is 0 Å². The third-order valence-corrected chi connectivity index (χ3v) is 2.48. The smallest absolute Gasteiger partial charge is 0.142 e. The van der Waals surface area contributed by atoms with Gasteiger partial charge >= 0.3 is 0 Å². The van der Waals surface area contributed by atoms with E-state index in [9.17, 15) is 0 Å². The number of aromatic nitrogens is 3. The highest BCUT2D eigenvalue weighted by molar-refractivity contribution is 7.05. The van der Waals surface area contributed by atoms with E-state index < -0.39 is 0 Å². The average Bonchev–Trinajstić information content (AvgIpc) is 2.59. The van der Waals surface area contributed by atoms with Gasteiger partial charge in [0.05, 0.1) is 0 Å². The van der Waals surface area contributed by atoms with Crippen LogP contribution in [0, 0.1) is 0 Å². The molecule has 10 heavy (non-hydrogen) atoms. The number of nitrogens with one attached hydrogen (secondary N) is 1. The third-order valence-electron chi connectivity index (χ3n) is 1.72. The second kappa shape index (κ2) is 2.59. The zero-order valence-electron chi connectivity index (χ0n) is 5.45. The number of hydrogen-bond acceptors (Lipinski definition) is 5. The van der Waals surface area contributed by atoms with Crippen LogP contribution in [-0.4, -0.2) is 27.9 Å². The molecule has 0 amide bonds. The summed E-state index contributed by atoms with van der Waals surface area (Å²) < 4.78 is 3.72. The highest BCUT2D eigenvalue weighted by atomic mass is 32.1. The molecule has 5 heteroatoms. The molecule has 1 aliphatic rings. The molecule has 0 radical (unpaired) electrons. The molecule has 0 bridgehead atoms. The largest absolute Gasteiger partial charge is 0.316 e. The van der Waals surface area contributed by atoms with Gasteiger partial charge in [-0.2, -0.15) is 0 Å². The van der Waals surface area contributed by atoms with Crippen molar-refractivity contribution in [1.29, 1.82) is 0 Å². The van der Waals surface area contributed by atoms with Crippen molar-refractivity contribution in [2.24, 2.45) is 0 Å². The van der Waals surface area contributed by atoms with Crippen molar-refractivity contribution < 1.29 is 0 Å². The number of nitrogens with zero attached hydrogens (tertiary/aromatic N) is 3. The molecule has 1 aromatic heterocycles. The van der Waals surface area contributed by atoms with Crippen LogP contribution >= 0.6 is 11.5 Å². The lowest BCUT2D eigenvalue weighted by molar-refractivity contribution is 0.735. The van der Waals surface area contributed by atoms with Crippen LogP contribution in [0.25, 0.3) is 0 Å². The monoisotopic (exact) mass is 156 g/mol. The molecule has 1 aromatic rings. The third kappa shape index (κ3) is 1.02. The van der Waals surface area contributed by atoms with E-state index in [2.05, 4.69) is 20.1 Å². The number of hydrogen-bond donors (Lipinski definition) is 1. The first-order valence-electron chi connectivity index (χ1n) is 3.32. The van der Waals surface area contributed by atoms with E-state index in [1.54, 1.807) is 0 Å². The Hall–Kier alpha value is -0.550. The van der Waals surface area contributed by atoms with Crippen molar-refractivity contribution in [2.75, 3.05) is 13.1 Å². The van der Waals surface area contributed by atoms with Crippen LogP contribution in [0.2, 0.25) is 0 Å². The minimum Gasteiger partial charge on any atom is -0.316 e. The van der Waals surface area contributed by atoms with Crippen molar-refractivity contribution in [3.8, 4) is 0 Å². The molecule has 1 fully saturated rings. The van der Waals surface area contributed by atoms with Crippen LogP contribution in [0.3, 0.4) is 0 Å². The van der Waals surface area contributed by atoms with E-state index in [0.717, 1.165) is 18.1 Å². The molecule has 0 saturated carbocycles. The van der Waals surface area contributed by atoms with E-state index >= 15 is 0 Å². The lowest BCUT2D eigenvalue weighted by Crippen LogP contribution is -2.07. The predicted molar refractivity (Wildman–Crippen MR) is 37.9 cm³/mol. The Morgan fingerprint density at radius 1 is 1.60 bits per heavy atom. The SMILES string of the molecule is C1CC(c2nnns2)CN1. The zero-order valence-corrected chi connectivity index (χ0v) is 6.27. The molecule has 0 spiro atoms. The van der Waals surface area contributed by atoms with Crippen molar-refractivity contribution >= 4 is 11.5 Å². The Labute approximate surface area is 62.8 Å². The first-order chi connectivity index (χ1) is 4.97. The normalized spacial score (nSPS) is 25.4. The van der Waals surface area contributed by atoms with Crippen molar-refractivity contribution in [3.63, 3.8) is 0 Å². The summed E-state index contributed by atoms with van der Waals surface area (Å²) in [5.74, 6) is 0.569. The van der Waals surface area contributed by atoms with Gasteiger partial charge in [0.2, 0.25) is 0 Å². The second-order valence-corrected chi connectivity index (χ2v) is 3.15. The molecule has 1 saturated heterocycles. The van der Waals surface area contributed by atoms with Crippen LogP contribution < -0.4 is 5.32 Å². The first-order valence-corrected chi connectivity index (χ1v) is 4.10. The fourth-order valence-electron chi connectivity index (χ4n) is 1.16. The summed E-state index contributed by atoms with van der Waals surface area (Å²) in [5, 5.41) is 11.8. The summed E-state index contributed by atoms with van der Waals surface area (Å²) in [6.07, 6.45) is 1.18. The topological polar surface area (TPSA) is 50.7 Å². The molecule has 54 valence electrons. The molecule has 2 rings (SSSR count). The van der Waals surface area contributed by atoms with Crippen molar-refractivity contribution in [2.45, 2.75) is 12.3 Å². The average molecular weight is 156 g/mol. The minimum absolute atomic E-state index is 0.569. The van der Waals surface area contributed by atoms with E-state index in [4.69, 9.17) is 0 Å². The molecule has 0 aliphatic carbocycles. The fourth-order valence-corrected chi connectivity index (χ4v) is 1.74. The molecule has 1 atom stereocenters. The van der Waals surface area contributed by atoms with Crippen LogP contribution in [-0.2, 0) is 0 Å². The van der Waals surface area contributed by atoms with E-state index in [1.165, 1.54) is 18.0 Å². The second-order valence-electron chi connectivity index (χ2n) is 2.39. The molecular weight excluding hydrogens is 148 g/mol. The Kier molecular flexibility index (Phi) is 1.60. The summed E-state index contributed by atoms with van der Waals surface area (Å²) in [4.78, 5) is 0. The van der Waals surface area contributed by atoms with Crippen molar-refractivity contribution in [1.82, 2.24) is 20.1 Å². The lowest BCUT2D eigenvalue weighted by Gasteiger charge is -1.98. The molecule has 1 unspecified atom stereocenters. The van der Waals surface area contributed by atoms with Crippen LogP contribution in [0.15, 0.2) is 0 Å². The molecule has 1 aliphatic heterocycles. The zero-order chi connectivity index (χ0) is 6.81. The van der Waals surface area contributed by atoms with Gasteiger partial charge in [-0.3, -0.25) is 0 Å². The van der Waals surface area contributed by atoms with Gasteiger partial charge in [-0.25, -0.2) is 0 Å². The van der Waals surface area contributed by atoms with Crippen LogP contribution in [0.4, 0.5) is 0 Å². The summed E-state index contributed by atoms with van der Waals surface area (Å²) in [7, 11) is 0. The quantitative estimate of drug-likeness (QED) is 0.622. The maximum Gasteiger partial charge on any atom is 0.142 e. The first kappa shape index (κ1) is 6.18. The highest BCUT2D eigenvalue weighted by Crippen LogP contribution is 2.21. The standard InChI is InChI=1S/C5H8N4S/c1-2-6-3-4(1)5-7-8-9-10-5/h4,6H,1-3H2. The molecule has 4 nitrogen and oxygen atoms in total. The van der Waals surface area contributed by atoms with Crippen LogP contribution in [0.1, 0.15) is 17.3 Å². The number of rotatable bonds is 1. The Bertz CT molecular complexity index is 191. The summed E-state index contributed by atoms with van der Waals surface area (Å²) in [6.45, 7) is 2.14. The van der Waals surface area contributed by atoms with Gasteiger partial charge in [0, 0.05) is 24.0 Å². The predicted octanol–water partition coefficient (Wildman–Crippen LogP) is 0.0100. The molecule has 0 aromatic carbocycles. The van der Waals surface area contributed by atoms with Gasteiger partial charge in [0.1, 0.15) is 5.01 Å². The molecule has 2 heterocycles. The Morgan fingerprint density at radius 2 is 2.60 bits per heavy atom. The van der Waals surface area contributed by atoms with E-state index in [0.29, 0.717) is 5.92 Å². The summed E-state index contributed by atoms with van der Waals surface area (Å²) in [5.41, 5.74) is 0. The fraction of sp³-hybridized carbons (Fsp3) is 0.800. The maximum atomic E-state index is 3.92. The highest BCUT2D eigenvalue weighted by Gasteiger charge is 2.19. The Morgan fingerprint density at radius 3 is 3.20 bits per heavy atom.